The van der Waals surface area contributed by atoms with Crippen LogP contribution in [0.5, 0.6) is 5.75 Å². The zero-order valence-electron chi connectivity index (χ0n) is 15.4. The molecule has 0 heterocycles. The maximum atomic E-state index is 12.4. The van der Waals surface area contributed by atoms with Crippen molar-refractivity contribution in [2.45, 2.75) is 27.4 Å². The number of rotatable bonds is 5. The van der Waals surface area contributed by atoms with Gasteiger partial charge in [0, 0.05) is 11.3 Å². The highest BCUT2D eigenvalue weighted by atomic mass is 16.5. The summed E-state index contributed by atoms with van der Waals surface area (Å²) in [7, 11) is 0. The van der Waals surface area contributed by atoms with Crippen LogP contribution in [0, 0.1) is 20.8 Å². The highest BCUT2D eigenvalue weighted by molar-refractivity contribution is 6.04. The lowest BCUT2D eigenvalue weighted by molar-refractivity contribution is 0.102. The molecular weight excluding hydrogens is 322 g/mol. The van der Waals surface area contributed by atoms with Crippen molar-refractivity contribution in [3.63, 3.8) is 0 Å². The van der Waals surface area contributed by atoms with Crippen LogP contribution in [0.3, 0.4) is 0 Å². The average molecular weight is 345 g/mol. The van der Waals surface area contributed by atoms with E-state index in [-0.39, 0.29) is 5.91 Å². The molecule has 0 aliphatic heterocycles. The van der Waals surface area contributed by atoms with Gasteiger partial charge in [-0.05, 0) is 67.8 Å². The van der Waals surface area contributed by atoms with Crippen LogP contribution < -0.4 is 10.1 Å². The zero-order chi connectivity index (χ0) is 18.5. The van der Waals surface area contributed by atoms with Crippen molar-refractivity contribution in [1.29, 1.82) is 0 Å². The normalized spacial score (nSPS) is 10.4. The van der Waals surface area contributed by atoms with Crippen molar-refractivity contribution in [1.82, 2.24) is 0 Å². The van der Waals surface area contributed by atoms with Gasteiger partial charge in [-0.25, -0.2) is 0 Å². The van der Waals surface area contributed by atoms with Gasteiger partial charge >= 0.3 is 0 Å². The molecule has 1 N–H and O–H groups in total. The topological polar surface area (TPSA) is 38.3 Å². The van der Waals surface area contributed by atoms with Gasteiger partial charge in [0.2, 0.25) is 0 Å². The van der Waals surface area contributed by atoms with Gasteiger partial charge in [0.05, 0.1) is 0 Å². The van der Waals surface area contributed by atoms with Crippen LogP contribution in [0.2, 0.25) is 0 Å². The highest BCUT2D eigenvalue weighted by Crippen LogP contribution is 2.18. The summed E-state index contributed by atoms with van der Waals surface area (Å²) in [6.07, 6.45) is 0. The van der Waals surface area contributed by atoms with E-state index < -0.39 is 0 Å². The monoisotopic (exact) mass is 345 g/mol. The Labute approximate surface area is 154 Å². The highest BCUT2D eigenvalue weighted by Gasteiger charge is 2.08. The number of ether oxygens (including phenoxy) is 1. The predicted molar refractivity (Wildman–Crippen MR) is 106 cm³/mol. The van der Waals surface area contributed by atoms with Crippen LogP contribution in [0.15, 0.2) is 66.7 Å². The molecule has 3 aromatic carbocycles. The Morgan fingerprint density at radius 1 is 0.885 bits per heavy atom. The van der Waals surface area contributed by atoms with E-state index in [9.17, 15) is 4.79 Å². The molecule has 0 aromatic heterocycles. The molecule has 0 fully saturated rings. The molecule has 0 aliphatic rings. The largest absolute Gasteiger partial charge is 0.489 e. The molecular formula is C23H23NO2. The number of hydrogen-bond acceptors (Lipinski definition) is 2. The Bertz CT molecular complexity index is 914. The number of anilines is 1. The molecule has 0 atom stereocenters. The summed E-state index contributed by atoms with van der Waals surface area (Å²) in [5, 5.41) is 2.97. The third kappa shape index (κ3) is 4.51. The number of nitrogens with one attached hydrogen (secondary N) is 1. The quantitative estimate of drug-likeness (QED) is 0.668. The maximum Gasteiger partial charge on any atom is 0.255 e. The first-order valence-corrected chi connectivity index (χ1v) is 8.68. The van der Waals surface area contributed by atoms with E-state index in [1.807, 2.05) is 81.4 Å². The number of hydrogen-bond donors (Lipinski definition) is 1. The maximum absolute atomic E-state index is 12.4. The average Bonchev–Trinajstić information content (AvgIpc) is 2.63. The molecule has 0 bridgehead atoms. The molecule has 3 aromatic rings. The second kappa shape index (κ2) is 7.87. The minimum Gasteiger partial charge on any atom is -0.489 e. The smallest absolute Gasteiger partial charge is 0.255 e. The van der Waals surface area contributed by atoms with Crippen molar-refractivity contribution in [3.05, 3.63) is 94.5 Å². The standard InChI is InChI=1S/C23H23NO2/c1-16-5-4-6-21(14-16)26-15-19-8-10-20(11-9-19)23(25)24-22-12-7-17(2)13-18(22)3/h4-14H,15H2,1-3H3,(H,24,25). The summed E-state index contributed by atoms with van der Waals surface area (Å²) < 4.78 is 5.80. The molecule has 3 rings (SSSR count). The third-order valence-corrected chi connectivity index (χ3v) is 4.24. The van der Waals surface area contributed by atoms with Crippen LogP contribution in [0.25, 0.3) is 0 Å². The molecule has 1 amide bonds. The lowest BCUT2D eigenvalue weighted by Crippen LogP contribution is -2.12. The van der Waals surface area contributed by atoms with Crippen LogP contribution in [-0.2, 0) is 6.61 Å². The molecule has 3 heteroatoms. The summed E-state index contributed by atoms with van der Waals surface area (Å²) in [4.78, 5) is 12.4. The Hall–Kier alpha value is -3.07. The fraction of sp³-hybridized carbons (Fsp3) is 0.174. The minimum absolute atomic E-state index is 0.108. The van der Waals surface area contributed by atoms with Gasteiger partial charge in [-0.3, -0.25) is 4.79 Å². The molecule has 132 valence electrons. The number of carbonyl (C=O) groups excluding carboxylic acids is 1. The Morgan fingerprint density at radius 2 is 1.62 bits per heavy atom. The summed E-state index contributed by atoms with van der Waals surface area (Å²) >= 11 is 0. The fourth-order valence-corrected chi connectivity index (χ4v) is 2.77. The summed E-state index contributed by atoms with van der Waals surface area (Å²) in [6.45, 7) is 6.54. The van der Waals surface area contributed by atoms with E-state index in [4.69, 9.17) is 4.74 Å². The van der Waals surface area contributed by atoms with Crippen molar-refractivity contribution in [3.8, 4) is 5.75 Å². The molecule has 0 aliphatic carbocycles. The second-order valence-corrected chi connectivity index (χ2v) is 6.57. The molecule has 0 radical (unpaired) electrons. The molecule has 26 heavy (non-hydrogen) atoms. The minimum atomic E-state index is -0.108. The van der Waals surface area contributed by atoms with Crippen LogP contribution >= 0.6 is 0 Å². The fourth-order valence-electron chi connectivity index (χ4n) is 2.77. The lowest BCUT2D eigenvalue weighted by atomic mass is 10.1. The first-order valence-electron chi connectivity index (χ1n) is 8.68. The van der Waals surface area contributed by atoms with E-state index in [2.05, 4.69) is 11.4 Å². The summed E-state index contributed by atoms with van der Waals surface area (Å²) in [6, 6.07) is 21.5. The van der Waals surface area contributed by atoms with Crippen LogP contribution in [0.1, 0.15) is 32.6 Å². The molecule has 0 spiro atoms. The predicted octanol–water partition coefficient (Wildman–Crippen LogP) is 5.44. The van der Waals surface area contributed by atoms with Crippen LogP contribution in [-0.4, -0.2) is 5.91 Å². The van der Waals surface area contributed by atoms with Gasteiger partial charge in [0.15, 0.2) is 0 Å². The SMILES string of the molecule is Cc1cccc(OCc2ccc(C(=O)Nc3ccc(C)cc3C)cc2)c1. The first-order chi connectivity index (χ1) is 12.5. The van der Waals surface area contributed by atoms with E-state index >= 15 is 0 Å². The second-order valence-electron chi connectivity index (χ2n) is 6.57. The number of benzene rings is 3. The van der Waals surface area contributed by atoms with Crippen molar-refractivity contribution in [2.24, 2.45) is 0 Å². The van der Waals surface area contributed by atoms with Gasteiger partial charge < -0.3 is 10.1 Å². The van der Waals surface area contributed by atoms with E-state index in [1.54, 1.807) is 0 Å². The Balaban J connectivity index is 1.62. The number of amides is 1. The zero-order valence-corrected chi connectivity index (χ0v) is 15.4. The van der Waals surface area contributed by atoms with E-state index in [1.165, 1.54) is 11.1 Å². The Kier molecular flexibility index (Phi) is 5.37. The molecule has 3 nitrogen and oxygen atoms in total. The van der Waals surface area contributed by atoms with Crippen molar-refractivity contribution < 1.29 is 9.53 Å². The number of carbonyl (C=O) groups is 1. The van der Waals surface area contributed by atoms with E-state index in [0.717, 1.165) is 22.6 Å². The van der Waals surface area contributed by atoms with Gasteiger partial charge in [-0.15, -0.1) is 0 Å². The van der Waals surface area contributed by atoms with Gasteiger partial charge in [0.25, 0.3) is 5.91 Å². The third-order valence-electron chi connectivity index (χ3n) is 4.24. The summed E-state index contributed by atoms with van der Waals surface area (Å²) in [5.74, 6) is 0.741. The van der Waals surface area contributed by atoms with Gasteiger partial charge in [-0.1, -0.05) is 42.0 Å². The lowest BCUT2D eigenvalue weighted by Gasteiger charge is -2.10. The molecule has 0 saturated heterocycles. The molecule has 0 saturated carbocycles. The number of aryl methyl sites for hydroxylation is 3. The van der Waals surface area contributed by atoms with Gasteiger partial charge in [0.1, 0.15) is 12.4 Å². The van der Waals surface area contributed by atoms with E-state index in [0.29, 0.717) is 12.2 Å². The van der Waals surface area contributed by atoms with Gasteiger partial charge in [-0.2, -0.15) is 0 Å². The van der Waals surface area contributed by atoms with Crippen LogP contribution in [0.4, 0.5) is 5.69 Å². The van der Waals surface area contributed by atoms with Crippen molar-refractivity contribution >= 4 is 11.6 Å². The summed E-state index contributed by atoms with van der Waals surface area (Å²) in [5.41, 5.74) is 5.90. The van der Waals surface area contributed by atoms with Crippen molar-refractivity contribution in [2.75, 3.05) is 5.32 Å². The molecule has 0 unspecified atom stereocenters. The Morgan fingerprint density at radius 3 is 2.31 bits per heavy atom. The first kappa shape index (κ1) is 17.7.